The highest BCUT2D eigenvalue weighted by molar-refractivity contribution is 5.92. The van der Waals surface area contributed by atoms with Gasteiger partial charge in [-0.15, -0.1) is 0 Å². The molecule has 1 aromatic carbocycles. The van der Waals surface area contributed by atoms with Crippen LogP contribution in [0.15, 0.2) is 24.3 Å². The Labute approximate surface area is 179 Å². The molecule has 1 aromatic rings. The molecule has 0 spiro atoms. The Hall–Kier alpha value is -1.99. The molecule has 0 radical (unpaired) electrons. The van der Waals surface area contributed by atoms with Crippen LogP contribution in [0.1, 0.15) is 46.0 Å². The third kappa shape index (κ3) is 6.01. The number of piperazine rings is 1. The van der Waals surface area contributed by atoms with Gasteiger partial charge in [0.25, 0.3) is 0 Å². The molecule has 1 saturated carbocycles. The topological polar surface area (TPSA) is 55.9 Å². The van der Waals surface area contributed by atoms with E-state index in [1.807, 2.05) is 6.92 Å². The summed E-state index contributed by atoms with van der Waals surface area (Å²) in [5.74, 6) is -0.274. The summed E-state index contributed by atoms with van der Waals surface area (Å²) in [6.07, 6.45) is 5.98. The monoisotopic (exact) mass is 418 g/mol. The maximum atomic E-state index is 13.3. The molecule has 3 rings (SSSR count). The van der Waals surface area contributed by atoms with Crippen LogP contribution in [0, 0.1) is 5.82 Å². The number of hydrogen-bond donors (Lipinski definition) is 1. The Kier molecular flexibility index (Phi) is 8.22. The second-order valence-electron chi connectivity index (χ2n) is 8.46. The number of rotatable bonds is 7. The molecule has 6 nitrogen and oxygen atoms in total. The average molecular weight is 419 g/mol. The summed E-state index contributed by atoms with van der Waals surface area (Å²) in [5.41, 5.74) is 0.472. The second kappa shape index (κ2) is 10.9. The summed E-state index contributed by atoms with van der Waals surface area (Å²) in [5, 5.41) is 2.75. The summed E-state index contributed by atoms with van der Waals surface area (Å²) in [6, 6.07) is 6.19. The minimum atomic E-state index is -0.366. The van der Waals surface area contributed by atoms with Crippen LogP contribution in [0.4, 0.5) is 10.1 Å². The average Bonchev–Trinajstić information content (AvgIpc) is 2.75. The number of nitrogens with one attached hydrogen (secondary N) is 1. The molecule has 166 valence electrons. The molecule has 1 unspecified atom stereocenters. The van der Waals surface area contributed by atoms with Crippen molar-refractivity contribution >= 4 is 17.5 Å². The minimum absolute atomic E-state index is 0.129. The van der Waals surface area contributed by atoms with Crippen molar-refractivity contribution in [2.75, 3.05) is 44.6 Å². The predicted octanol–water partition coefficient (Wildman–Crippen LogP) is 2.95. The molecule has 7 heteroatoms. The van der Waals surface area contributed by atoms with Gasteiger partial charge in [-0.25, -0.2) is 4.39 Å². The zero-order chi connectivity index (χ0) is 21.5. The summed E-state index contributed by atoms with van der Waals surface area (Å²) in [7, 11) is 0. The molecule has 1 aliphatic heterocycles. The van der Waals surface area contributed by atoms with Crippen LogP contribution in [0.3, 0.4) is 0 Å². The first kappa shape index (κ1) is 22.7. The number of hydrogen-bond acceptors (Lipinski definition) is 4. The van der Waals surface area contributed by atoms with Crippen LogP contribution < -0.4 is 5.32 Å². The fourth-order valence-corrected chi connectivity index (χ4v) is 4.66. The number of anilines is 1. The summed E-state index contributed by atoms with van der Waals surface area (Å²) in [4.78, 5) is 31.8. The lowest BCUT2D eigenvalue weighted by atomic mass is 9.93. The van der Waals surface area contributed by atoms with E-state index in [9.17, 15) is 14.0 Å². The van der Waals surface area contributed by atoms with Crippen LogP contribution in [0.25, 0.3) is 0 Å². The van der Waals surface area contributed by atoms with E-state index in [1.165, 1.54) is 31.4 Å². The first-order chi connectivity index (χ1) is 14.5. The number of benzene rings is 1. The lowest BCUT2D eigenvalue weighted by Crippen LogP contribution is -2.56. The van der Waals surface area contributed by atoms with Gasteiger partial charge in [0, 0.05) is 44.5 Å². The fraction of sp³-hybridized carbons (Fsp3) is 0.652. The van der Waals surface area contributed by atoms with Gasteiger partial charge in [0.2, 0.25) is 11.8 Å². The summed E-state index contributed by atoms with van der Waals surface area (Å²) < 4.78 is 13.3. The first-order valence-corrected chi connectivity index (χ1v) is 11.3. The normalized spacial score (nSPS) is 20.0. The largest absolute Gasteiger partial charge is 0.339 e. The Morgan fingerprint density at radius 3 is 2.50 bits per heavy atom. The molecule has 0 aromatic heterocycles. The van der Waals surface area contributed by atoms with E-state index in [0.29, 0.717) is 11.7 Å². The molecular formula is C23H35FN4O2. The van der Waals surface area contributed by atoms with Crippen LogP contribution >= 0.6 is 0 Å². The Balaban J connectivity index is 1.45. The van der Waals surface area contributed by atoms with Crippen molar-refractivity contribution in [1.29, 1.82) is 0 Å². The maximum absolute atomic E-state index is 13.3. The number of amides is 2. The van der Waals surface area contributed by atoms with Crippen molar-refractivity contribution in [2.24, 2.45) is 0 Å². The fourth-order valence-electron chi connectivity index (χ4n) is 4.66. The molecule has 2 fully saturated rings. The zero-order valence-corrected chi connectivity index (χ0v) is 18.3. The van der Waals surface area contributed by atoms with Gasteiger partial charge in [0.15, 0.2) is 0 Å². The summed E-state index contributed by atoms with van der Waals surface area (Å²) >= 11 is 0. The lowest BCUT2D eigenvalue weighted by Gasteiger charge is -2.41. The van der Waals surface area contributed by atoms with E-state index in [0.717, 1.165) is 45.6 Å². The van der Waals surface area contributed by atoms with E-state index in [-0.39, 0.29) is 30.2 Å². The second-order valence-corrected chi connectivity index (χ2v) is 8.46. The Morgan fingerprint density at radius 2 is 1.87 bits per heavy atom. The number of halogens is 1. The third-order valence-corrected chi connectivity index (χ3v) is 6.43. The van der Waals surface area contributed by atoms with Crippen molar-refractivity contribution < 1.29 is 14.0 Å². The van der Waals surface area contributed by atoms with Crippen LogP contribution in [0.5, 0.6) is 0 Å². The highest BCUT2D eigenvalue weighted by Crippen LogP contribution is 2.24. The van der Waals surface area contributed by atoms with Crippen molar-refractivity contribution in [3.8, 4) is 0 Å². The highest BCUT2D eigenvalue weighted by atomic mass is 19.1. The highest BCUT2D eigenvalue weighted by Gasteiger charge is 2.32. The molecule has 1 saturated heterocycles. The standard InChI is InChI=1S/C23H35FN4O2/c1-3-28(21-10-5-4-6-11-21)23(30)18(2)27-14-12-26(13-15-27)17-22(29)25-20-9-7-8-19(24)16-20/h7-9,16,18,21H,3-6,10-15,17H2,1-2H3,(H,25,29). The van der Waals surface area contributed by atoms with Gasteiger partial charge < -0.3 is 10.2 Å². The van der Waals surface area contributed by atoms with Gasteiger partial charge in [0.05, 0.1) is 12.6 Å². The quantitative estimate of drug-likeness (QED) is 0.740. The first-order valence-electron chi connectivity index (χ1n) is 11.3. The SMILES string of the molecule is CCN(C(=O)C(C)N1CCN(CC(=O)Nc2cccc(F)c2)CC1)C1CCCCC1. The van der Waals surface area contributed by atoms with Gasteiger partial charge in [0.1, 0.15) is 5.82 Å². The molecule has 0 bridgehead atoms. The maximum Gasteiger partial charge on any atom is 0.239 e. The van der Waals surface area contributed by atoms with Crippen molar-refractivity contribution in [1.82, 2.24) is 14.7 Å². The van der Waals surface area contributed by atoms with Crippen LogP contribution in [0.2, 0.25) is 0 Å². The number of likely N-dealkylation sites (N-methyl/N-ethyl adjacent to an activating group) is 1. The van der Waals surface area contributed by atoms with Gasteiger partial charge in [-0.1, -0.05) is 25.3 Å². The molecular weight excluding hydrogens is 383 g/mol. The third-order valence-electron chi connectivity index (χ3n) is 6.43. The number of carbonyl (C=O) groups excluding carboxylic acids is 2. The Morgan fingerprint density at radius 1 is 1.17 bits per heavy atom. The zero-order valence-electron chi connectivity index (χ0n) is 18.3. The van der Waals surface area contributed by atoms with Crippen LogP contribution in [-0.4, -0.2) is 77.9 Å². The molecule has 2 aliphatic rings. The summed E-state index contributed by atoms with van der Waals surface area (Å²) in [6.45, 7) is 8.15. The smallest absolute Gasteiger partial charge is 0.239 e. The number of carbonyl (C=O) groups is 2. The van der Waals surface area contributed by atoms with E-state index in [1.54, 1.807) is 12.1 Å². The van der Waals surface area contributed by atoms with Gasteiger partial charge >= 0.3 is 0 Å². The minimum Gasteiger partial charge on any atom is -0.339 e. The molecule has 1 heterocycles. The van der Waals surface area contributed by atoms with E-state index >= 15 is 0 Å². The molecule has 30 heavy (non-hydrogen) atoms. The molecule has 1 aliphatic carbocycles. The Bertz CT molecular complexity index is 715. The van der Waals surface area contributed by atoms with E-state index in [4.69, 9.17) is 0 Å². The van der Waals surface area contributed by atoms with Crippen molar-refractivity contribution in [2.45, 2.75) is 58.0 Å². The predicted molar refractivity (Wildman–Crippen MR) is 117 cm³/mol. The molecule has 1 N–H and O–H groups in total. The van der Waals surface area contributed by atoms with Crippen LogP contribution in [-0.2, 0) is 9.59 Å². The molecule has 1 atom stereocenters. The van der Waals surface area contributed by atoms with E-state index < -0.39 is 0 Å². The number of nitrogens with zero attached hydrogens (tertiary/aromatic N) is 3. The van der Waals surface area contributed by atoms with Crippen molar-refractivity contribution in [3.05, 3.63) is 30.1 Å². The lowest BCUT2D eigenvalue weighted by molar-refractivity contribution is -0.140. The van der Waals surface area contributed by atoms with Crippen molar-refractivity contribution in [3.63, 3.8) is 0 Å². The van der Waals surface area contributed by atoms with Gasteiger partial charge in [-0.3, -0.25) is 19.4 Å². The van der Waals surface area contributed by atoms with Gasteiger partial charge in [-0.2, -0.15) is 0 Å². The van der Waals surface area contributed by atoms with Gasteiger partial charge in [-0.05, 0) is 44.9 Å². The molecule has 2 amide bonds. The van der Waals surface area contributed by atoms with E-state index in [2.05, 4.69) is 26.9 Å².